The van der Waals surface area contributed by atoms with Gasteiger partial charge in [-0.15, -0.1) is 0 Å². The fourth-order valence-electron chi connectivity index (χ4n) is 3.37. The first-order valence-electron chi connectivity index (χ1n) is 7.95. The van der Waals surface area contributed by atoms with Gasteiger partial charge < -0.3 is 5.32 Å². The molecule has 4 rings (SSSR count). The second kappa shape index (κ2) is 5.87. The number of hydrogen-bond donors (Lipinski definition) is 1. The quantitative estimate of drug-likeness (QED) is 0.783. The zero-order valence-corrected chi connectivity index (χ0v) is 13.6. The number of nitrogens with one attached hydrogen (secondary N) is 1. The summed E-state index contributed by atoms with van der Waals surface area (Å²) in [7, 11) is 1.80. The van der Waals surface area contributed by atoms with Crippen LogP contribution >= 0.6 is 0 Å². The minimum atomic E-state index is -0.219. The molecule has 6 nitrogen and oxygen atoms in total. The van der Waals surface area contributed by atoms with Crippen LogP contribution in [0.5, 0.6) is 0 Å². The Bertz CT molecular complexity index is 1000. The maximum absolute atomic E-state index is 12.3. The highest BCUT2D eigenvalue weighted by molar-refractivity contribution is 5.96. The number of nitriles is 1. The molecule has 0 bridgehead atoms. The number of hydrogen-bond acceptors (Lipinski definition) is 4. The molecule has 122 valence electrons. The first-order valence-corrected chi connectivity index (χ1v) is 7.95. The van der Waals surface area contributed by atoms with E-state index in [4.69, 9.17) is 0 Å². The number of rotatable bonds is 2. The monoisotopic (exact) mass is 329 g/mol. The Morgan fingerprint density at radius 1 is 1.28 bits per heavy atom. The van der Waals surface area contributed by atoms with E-state index in [1.807, 2.05) is 30.3 Å². The van der Waals surface area contributed by atoms with Gasteiger partial charge in [0.15, 0.2) is 0 Å². The van der Waals surface area contributed by atoms with Crippen LogP contribution < -0.4 is 5.32 Å². The molecule has 0 saturated carbocycles. The molecular formula is C19H15N5O. The highest BCUT2D eigenvalue weighted by Gasteiger charge is 2.34. The zero-order chi connectivity index (χ0) is 17.4. The number of amides is 1. The molecule has 1 aromatic carbocycles. The van der Waals surface area contributed by atoms with Crippen molar-refractivity contribution in [3.63, 3.8) is 0 Å². The van der Waals surface area contributed by atoms with Crippen molar-refractivity contribution in [2.45, 2.75) is 12.3 Å². The number of pyridine rings is 1. The second-order valence-electron chi connectivity index (χ2n) is 5.98. The van der Waals surface area contributed by atoms with Crippen LogP contribution in [0.4, 0.5) is 5.82 Å². The predicted octanol–water partition coefficient (Wildman–Crippen LogP) is 2.83. The van der Waals surface area contributed by atoms with Gasteiger partial charge >= 0.3 is 0 Å². The Hall–Kier alpha value is -3.46. The number of carbonyl (C=O) groups is 1. The maximum atomic E-state index is 12.3. The highest BCUT2D eigenvalue weighted by atomic mass is 16.1. The smallest absolute Gasteiger partial charge is 0.226 e. The molecule has 1 aliphatic heterocycles. The van der Waals surface area contributed by atoms with Crippen LogP contribution in [0.2, 0.25) is 0 Å². The highest BCUT2D eigenvalue weighted by Crippen LogP contribution is 2.43. The second-order valence-corrected chi connectivity index (χ2v) is 5.98. The molecule has 0 fully saturated rings. The Morgan fingerprint density at radius 3 is 2.88 bits per heavy atom. The number of benzene rings is 1. The van der Waals surface area contributed by atoms with Gasteiger partial charge in [0.1, 0.15) is 5.82 Å². The van der Waals surface area contributed by atoms with Crippen LogP contribution in [0.15, 0.2) is 48.8 Å². The third kappa shape index (κ3) is 2.46. The third-order valence-corrected chi connectivity index (χ3v) is 4.47. The van der Waals surface area contributed by atoms with E-state index >= 15 is 0 Å². The van der Waals surface area contributed by atoms with Crippen LogP contribution in [0.25, 0.3) is 11.3 Å². The summed E-state index contributed by atoms with van der Waals surface area (Å²) < 4.78 is 1.68. The average Bonchev–Trinajstić information content (AvgIpc) is 2.98. The van der Waals surface area contributed by atoms with Crippen molar-refractivity contribution in [3.05, 3.63) is 65.5 Å². The molecule has 3 heterocycles. The molecule has 1 aliphatic rings. The van der Waals surface area contributed by atoms with Crippen LogP contribution in [0.3, 0.4) is 0 Å². The summed E-state index contributed by atoms with van der Waals surface area (Å²) in [6.45, 7) is 0. The summed E-state index contributed by atoms with van der Waals surface area (Å²) in [6.07, 6.45) is 3.75. The topological polar surface area (TPSA) is 83.6 Å². The minimum absolute atomic E-state index is 0.0778. The third-order valence-electron chi connectivity index (χ3n) is 4.47. The van der Waals surface area contributed by atoms with E-state index in [1.54, 1.807) is 30.2 Å². The fourth-order valence-corrected chi connectivity index (χ4v) is 3.37. The van der Waals surface area contributed by atoms with Crippen molar-refractivity contribution in [3.8, 4) is 17.3 Å². The summed E-state index contributed by atoms with van der Waals surface area (Å²) in [6, 6.07) is 13.4. The van der Waals surface area contributed by atoms with E-state index < -0.39 is 0 Å². The van der Waals surface area contributed by atoms with Gasteiger partial charge in [-0.05, 0) is 23.8 Å². The molecule has 3 aromatic rings. The number of aryl methyl sites for hydroxylation is 1. The standard InChI is InChI=1S/C19H15N5O/c1-24-19-17(18(23-24)13-6-4-8-21-11-13)15(9-16(25)22-19)14-7-3-2-5-12(14)10-20/h2-8,11,15H,9H2,1H3,(H,22,25). The van der Waals surface area contributed by atoms with Crippen LogP contribution in [-0.2, 0) is 11.8 Å². The van der Waals surface area contributed by atoms with Gasteiger partial charge in [0.05, 0.1) is 17.3 Å². The summed E-state index contributed by atoms with van der Waals surface area (Å²) in [4.78, 5) is 16.4. The molecule has 6 heteroatoms. The van der Waals surface area contributed by atoms with Crippen LogP contribution in [0, 0.1) is 11.3 Å². The van der Waals surface area contributed by atoms with E-state index in [9.17, 15) is 10.1 Å². The Morgan fingerprint density at radius 2 is 2.12 bits per heavy atom. The number of fused-ring (bicyclic) bond motifs is 1. The van der Waals surface area contributed by atoms with Crippen molar-refractivity contribution in [1.29, 1.82) is 5.26 Å². The lowest BCUT2D eigenvalue weighted by molar-refractivity contribution is -0.116. The molecule has 2 aromatic heterocycles. The number of anilines is 1. The molecular weight excluding hydrogens is 314 g/mol. The molecule has 1 atom stereocenters. The summed E-state index contributed by atoms with van der Waals surface area (Å²) in [5, 5.41) is 17.0. The van der Waals surface area contributed by atoms with Gasteiger partial charge in [-0.1, -0.05) is 18.2 Å². The van der Waals surface area contributed by atoms with E-state index in [0.717, 1.165) is 22.4 Å². The van der Waals surface area contributed by atoms with Gasteiger partial charge in [-0.25, -0.2) is 0 Å². The van der Waals surface area contributed by atoms with Gasteiger partial charge in [-0.2, -0.15) is 10.4 Å². The number of aromatic nitrogens is 3. The molecule has 25 heavy (non-hydrogen) atoms. The maximum Gasteiger partial charge on any atom is 0.226 e. The van der Waals surface area contributed by atoms with Gasteiger partial charge in [0.25, 0.3) is 0 Å². The molecule has 0 saturated heterocycles. The predicted molar refractivity (Wildman–Crippen MR) is 92.7 cm³/mol. The lowest BCUT2D eigenvalue weighted by Gasteiger charge is -2.25. The van der Waals surface area contributed by atoms with Crippen molar-refractivity contribution in [2.24, 2.45) is 7.05 Å². The first-order chi connectivity index (χ1) is 12.2. The molecule has 0 aliphatic carbocycles. The van der Waals surface area contributed by atoms with Crippen molar-refractivity contribution in [1.82, 2.24) is 14.8 Å². The number of nitrogens with zero attached hydrogens (tertiary/aromatic N) is 4. The largest absolute Gasteiger partial charge is 0.311 e. The zero-order valence-electron chi connectivity index (χ0n) is 13.6. The van der Waals surface area contributed by atoms with Gasteiger partial charge in [0, 0.05) is 42.9 Å². The van der Waals surface area contributed by atoms with Gasteiger partial charge in [-0.3, -0.25) is 14.5 Å². The Kier molecular flexibility index (Phi) is 3.55. The molecule has 1 amide bonds. The summed E-state index contributed by atoms with van der Waals surface area (Å²) >= 11 is 0. The first kappa shape index (κ1) is 15.1. The summed E-state index contributed by atoms with van der Waals surface area (Å²) in [5.41, 5.74) is 4.02. The van der Waals surface area contributed by atoms with Crippen molar-refractivity contribution < 1.29 is 4.79 Å². The molecule has 1 N–H and O–H groups in total. The van der Waals surface area contributed by atoms with Crippen LogP contribution in [0.1, 0.15) is 29.0 Å². The lowest BCUT2D eigenvalue weighted by Crippen LogP contribution is -2.25. The summed E-state index contributed by atoms with van der Waals surface area (Å²) in [5.74, 6) is 0.377. The Balaban J connectivity index is 1.97. The van der Waals surface area contributed by atoms with E-state index in [-0.39, 0.29) is 18.2 Å². The minimum Gasteiger partial charge on any atom is -0.311 e. The van der Waals surface area contributed by atoms with Crippen LogP contribution in [-0.4, -0.2) is 20.7 Å². The Labute approximate surface area is 144 Å². The average molecular weight is 329 g/mol. The molecule has 0 radical (unpaired) electrons. The molecule has 1 unspecified atom stereocenters. The normalized spacial score (nSPS) is 16.0. The van der Waals surface area contributed by atoms with E-state index in [2.05, 4.69) is 21.5 Å². The fraction of sp³-hybridized carbons (Fsp3) is 0.158. The van der Waals surface area contributed by atoms with Gasteiger partial charge in [0.2, 0.25) is 5.91 Å². The SMILES string of the molecule is Cn1nc(-c2cccnc2)c2c1NC(=O)CC2c1ccccc1C#N. The van der Waals surface area contributed by atoms with Crippen molar-refractivity contribution in [2.75, 3.05) is 5.32 Å². The number of carbonyl (C=O) groups excluding carboxylic acids is 1. The van der Waals surface area contributed by atoms with E-state index in [1.165, 1.54) is 0 Å². The van der Waals surface area contributed by atoms with Crippen molar-refractivity contribution >= 4 is 11.7 Å². The van der Waals surface area contributed by atoms with E-state index in [0.29, 0.717) is 11.4 Å². The lowest BCUT2D eigenvalue weighted by atomic mass is 9.82. The molecule has 0 spiro atoms.